The molecule has 1 aromatic heterocycles. The van der Waals surface area contributed by atoms with E-state index < -0.39 is 39.9 Å². The molecule has 0 bridgehead atoms. The van der Waals surface area contributed by atoms with Crippen LogP contribution in [-0.4, -0.2) is 37.5 Å². The predicted octanol–water partition coefficient (Wildman–Crippen LogP) is 1.95. The van der Waals surface area contributed by atoms with Crippen LogP contribution in [-0.2, 0) is 19.6 Å². The molecule has 1 heterocycles. The minimum absolute atomic E-state index is 0.140. The van der Waals surface area contributed by atoms with Gasteiger partial charge in [0.1, 0.15) is 4.21 Å². The molecule has 1 aromatic rings. The molecule has 1 saturated carbocycles. The number of nitrogens with one attached hydrogen (secondary N) is 2. The Balaban J connectivity index is 2.01. The van der Waals surface area contributed by atoms with E-state index in [-0.39, 0.29) is 4.21 Å². The van der Waals surface area contributed by atoms with E-state index in [0.29, 0.717) is 12.8 Å². The first kappa shape index (κ1) is 19.9. The zero-order valence-corrected chi connectivity index (χ0v) is 15.7. The lowest BCUT2D eigenvalue weighted by atomic mass is 9.86. The number of carboxylic acid groups (broad SMARTS) is 1. The van der Waals surface area contributed by atoms with Gasteiger partial charge in [-0.2, -0.15) is 4.72 Å². The van der Waals surface area contributed by atoms with Gasteiger partial charge in [-0.05, 0) is 31.2 Å². The summed E-state index contributed by atoms with van der Waals surface area (Å²) in [6, 6.07) is 1.63. The van der Waals surface area contributed by atoms with Crippen molar-refractivity contribution in [3.05, 3.63) is 17.5 Å². The van der Waals surface area contributed by atoms with Gasteiger partial charge in [-0.1, -0.05) is 31.7 Å². The second-order valence-corrected chi connectivity index (χ2v) is 9.21. The van der Waals surface area contributed by atoms with Gasteiger partial charge in [0.2, 0.25) is 5.91 Å². The Labute approximate surface area is 151 Å². The topological polar surface area (TPSA) is 113 Å². The van der Waals surface area contributed by atoms with Gasteiger partial charge in [-0.15, -0.1) is 11.3 Å². The van der Waals surface area contributed by atoms with E-state index >= 15 is 0 Å². The second kappa shape index (κ2) is 8.77. The molecule has 1 fully saturated rings. The number of aliphatic carboxylic acids is 1. The van der Waals surface area contributed by atoms with Crippen LogP contribution in [0.1, 0.15) is 45.4 Å². The minimum atomic E-state index is -3.75. The van der Waals surface area contributed by atoms with Crippen molar-refractivity contribution in [1.82, 2.24) is 10.0 Å². The largest absolute Gasteiger partial charge is 0.481 e. The molecule has 25 heavy (non-hydrogen) atoms. The highest BCUT2D eigenvalue weighted by atomic mass is 32.2. The number of rotatable bonds is 6. The molecule has 140 valence electrons. The van der Waals surface area contributed by atoms with Crippen LogP contribution in [0.3, 0.4) is 0 Å². The van der Waals surface area contributed by atoms with Crippen molar-refractivity contribution >= 4 is 33.2 Å². The van der Waals surface area contributed by atoms with Crippen molar-refractivity contribution in [2.45, 2.75) is 61.7 Å². The maximum absolute atomic E-state index is 12.4. The summed E-state index contributed by atoms with van der Waals surface area (Å²) in [5, 5.41) is 13.8. The van der Waals surface area contributed by atoms with Gasteiger partial charge in [-0.25, -0.2) is 8.42 Å². The van der Waals surface area contributed by atoms with E-state index in [2.05, 4.69) is 10.0 Å². The third-order valence-corrected chi connectivity index (χ3v) is 7.33. The highest BCUT2D eigenvalue weighted by molar-refractivity contribution is 7.91. The van der Waals surface area contributed by atoms with Crippen LogP contribution in [0, 0.1) is 5.92 Å². The number of carboxylic acids is 1. The van der Waals surface area contributed by atoms with E-state index in [9.17, 15) is 23.1 Å². The molecule has 1 amide bonds. The molecule has 0 aromatic carbocycles. The van der Waals surface area contributed by atoms with Crippen LogP contribution in [0.25, 0.3) is 0 Å². The van der Waals surface area contributed by atoms with Crippen LogP contribution in [0.5, 0.6) is 0 Å². The normalized spacial score (nSPS) is 23.2. The van der Waals surface area contributed by atoms with Crippen LogP contribution in [0.2, 0.25) is 0 Å². The lowest BCUT2D eigenvalue weighted by Gasteiger charge is -2.28. The Bertz CT molecular complexity index is 687. The third kappa shape index (κ3) is 5.52. The summed E-state index contributed by atoms with van der Waals surface area (Å²) >= 11 is 1.07. The van der Waals surface area contributed by atoms with E-state index in [4.69, 9.17) is 0 Å². The van der Waals surface area contributed by atoms with Gasteiger partial charge in [0, 0.05) is 6.04 Å². The summed E-state index contributed by atoms with van der Waals surface area (Å²) in [5.74, 6) is -2.05. The second-order valence-electron chi connectivity index (χ2n) is 6.33. The molecule has 0 aliphatic heterocycles. The van der Waals surface area contributed by atoms with E-state index in [0.717, 1.165) is 37.0 Å². The average Bonchev–Trinajstić information content (AvgIpc) is 3.04. The Hall–Kier alpha value is -1.45. The zero-order chi connectivity index (χ0) is 18.4. The first-order valence-corrected chi connectivity index (χ1v) is 10.8. The molecule has 1 aliphatic rings. The quantitative estimate of drug-likeness (QED) is 0.689. The maximum atomic E-state index is 12.4. The van der Waals surface area contributed by atoms with Crippen molar-refractivity contribution in [3.63, 3.8) is 0 Å². The third-order valence-electron chi connectivity index (χ3n) is 4.40. The van der Waals surface area contributed by atoms with Gasteiger partial charge < -0.3 is 10.4 Å². The van der Waals surface area contributed by atoms with E-state index in [1.807, 2.05) is 0 Å². The lowest BCUT2D eigenvalue weighted by molar-refractivity contribution is -0.143. The van der Waals surface area contributed by atoms with Gasteiger partial charge in [0.05, 0.1) is 12.0 Å². The number of hydrogen-bond acceptors (Lipinski definition) is 5. The van der Waals surface area contributed by atoms with E-state index in [1.165, 1.54) is 13.0 Å². The number of sulfonamides is 1. The number of hydrogen-bond donors (Lipinski definition) is 3. The Kier molecular flexibility index (Phi) is 6.97. The van der Waals surface area contributed by atoms with Crippen LogP contribution >= 0.6 is 11.3 Å². The smallest absolute Gasteiger partial charge is 0.308 e. The fourth-order valence-corrected chi connectivity index (χ4v) is 5.23. The van der Waals surface area contributed by atoms with Crippen LogP contribution in [0.15, 0.2) is 21.7 Å². The molecule has 0 unspecified atom stereocenters. The first-order chi connectivity index (χ1) is 11.8. The van der Waals surface area contributed by atoms with Crippen LogP contribution < -0.4 is 10.0 Å². The SMILES string of the molecule is C[C@H](NS(=O)(=O)c1cccs1)C(=O)N[C@H]1CCCCCC[C@@H]1C(=O)O. The summed E-state index contributed by atoms with van der Waals surface area (Å²) in [6.45, 7) is 1.46. The number of carbonyl (C=O) groups is 2. The summed E-state index contributed by atoms with van der Waals surface area (Å²) in [5.41, 5.74) is 0. The fourth-order valence-electron chi connectivity index (χ4n) is 3.02. The molecule has 0 spiro atoms. The molecule has 3 atom stereocenters. The van der Waals surface area contributed by atoms with Gasteiger partial charge in [-0.3, -0.25) is 9.59 Å². The summed E-state index contributed by atoms with van der Waals surface area (Å²) < 4.78 is 26.9. The molecule has 0 saturated heterocycles. The summed E-state index contributed by atoms with van der Waals surface area (Å²) in [4.78, 5) is 23.9. The van der Waals surface area contributed by atoms with Crippen molar-refractivity contribution in [3.8, 4) is 0 Å². The Morgan fingerprint density at radius 1 is 1.24 bits per heavy atom. The summed E-state index contributed by atoms with van der Waals surface area (Å²) in [7, 11) is -3.75. The monoisotopic (exact) mass is 388 g/mol. The molecule has 9 heteroatoms. The fraction of sp³-hybridized carbons (Fsp3) is 0.625. The molecule has 2 rings (SSSR count). The molecular formula is C16H24N2O5S2. The maximum Gasteiger partial charge on any atom is 0.308 e. The van der Waals surface area contributed by atoms with Crippen molar-refractivity contribution in [2.75, 3.05) is 0 Å². The molecule has 7 nitrogen and oxygen atoms in total. The number of amides is 1. The minimum Gasteiger partial charge on any atom is -0.481 e. The van der Waals surface area contributed by atoms with Crippen molar-refractivity contribution in [2.24, 2.45) is 5.92 Å². The van der Waals surface area contributed by atoms with E-state index in [1.54, 1.807) is 11.4 Å². The van der Waals surface area contributed by atoms with Gasteiger partial charge in [0.25, 0.3) is 10.0 Å². The highest BCUT2D eigenvalue weighted by Gasteiger charge is 2.32. The lowest BCUT2D eigenvalue weighted by Crippen LogP contribution is -2.51. The number of thiophene rings is 1. The standard InChI is InChI=1S/C16H24N2O5S2/c1-11(18-25(22,23)14-9-6-10-24-14)15(19)17-13-8-5-3-2-4-7-12(13)16(20)21/h6,9-13,18H,2-5,7-8H2,1H3,(H,17,19)(H,20,21)/t11-,12-,13-/m0/s1. The predicted molar refractivity (Wildman–Crippen MR) is 94.9 cm³/mol. The van der Waals surface area contributed by atoms with Crippen molar-refractivity contribution in [1.29, 1.82) is 0 Å². The Morgan fingerprint density at radius 3 is 2.52 bits per heavy atom. The van der Waals surface area contributed by atoms with Gasteiger partial charge >= 0.3 is 5.97 Å². The van der Waals surface area contributed by atoms with Crippen LogP contribution in [0.4, 0.5) is 0 Å². The zero-order valence-electron chi connectivity index (χ0n) is 14.1. The molecular weight excluding hydrogens is 364 g/mol. The average molecular weight is 389 g/mol. The molecule has 1 aliphatic carbocycles. The summed E-state index contributed by atoms with van der Waals surface area (Å²) in [6.07, 6.45) is 4.80. The molecule has 0 radical (unpaired) electrons. The Morgan fingerprint density at radius 2 is 1.92 bits per heavy atom. The van der Waals surface area contributed by atoms with Crippen molar-refractivity contribution < 1.29 is 23.1 Å². The number of carbonyl (C=O) groups excluding carboxylic acids is 1. The first-order valence-electron chi connectivity index (χ1n) is 8.40. The highest BCUT2D eigenvalue weighted by Crippen LogP contribution is 2.23. The molecule has 3 N–H and O–H groups in total. The van der Waals surface area contributed by atoms with Gasteiger partial charge in [0.15, 0.2) is 0 Å².